The SMILES string of the molecule is CCNC(=O)c1cc2c(=O)n3cc(C)ccc3[nH+]c2nc1NC[C@@H]1CCCO1. The Labute approximate surface area is 161 Å². The van der Waals surface area contributed by atoms with Gasteiger partial charge in [-0.25, -0.2) is 9.78 Å². The fraction of sp³-hybridized carbons (Fsp3) is 0.400. The number of rotatable bonds is 5. The minimum absolute atomic E-state index is 0.105. The molecule has 1 amide bonds. The lowest BCUT2D eigenvalue weighted by molar-refractivity contribution is -0.319. The Balaban J connectivity index is 1.84. The molecule has 0 spiro atoms. The van der Waals surface area contributed by atoms with E-state index in [0.717, 1.165) is 25.0 Å². The summed E-state index contributed by atoms with van der Waals surface area (Å²) in [5.74, 6) is 0.182. The van der Waals surface area contributed by atoms with Crippen LogP contribution in [0.3, 0.4) is 0 Å². The number of carbonyl (C=O) groups excluding carboxylic acids is 1. The van der Waals surface area contributed by atoms with Crippen molar-refractivity contribution < 1.29 is 14.5 Å². The van der Waals surface area contributed by atoms with Gasteiger partial charge in [0.2, 0.25) is 11.5 Å². The van der Waals surface area contributed by atoms with Gasteiger partial charge in [0.25, 0.3) is 11.6 Å². The van der Waals surface area contributed by atoms with Gasteiger partial charge in [0.15, 0.2) is 0 Å². The lowest BCUT2D eigenvalue weighted by Crippen LogP contribution is -2.29. The van der Waals surface area contributed by atoms with Gasteiger partial charge in [-0.1, -0.05) is 4.98 Å². The molecule has 0 aromatic carbocycles. The number of nitrogens with zero attached hydrogens (tertiary/aromatic N) is 2. The van der Waals surface area contributed by atoms with E-state index in [1.807, 2.05) is 26.0 Å². The van der Waals surface area contributed by atoms with Crippen LogP contribution in [0.4, 0.5) is 5.82 Å². The van der Waals surface area contributed by atoms with Crippen LogP contribution in [-0.4, -0.2) is 41.1 Å². The summed E-state index contributed by atoms with van der Waals surface area (Å²) in [6.45, 7) is 5.59. The van der Waals surface area contributed by atoms with Crippen molar-refractivity contribution in [1.82, 2.24) is 14.7 Å². The second-order valence-corrected chi connectivity index (χ2v) is 7.05. The summed E-state index contributed by atoms with van der Waals surface area (Å²) in [7, 11) is 0. The number of aromatic nitrogens is 3. The molecule has 3 N–H and O–H groups in total. The zero-order valence-electron chi connectivity index (χ0n) is 16.0. The predicted octanol–water partition coefficient (Wildman–Crippen LogP) is 1.31. The predicted molar refractivity (Wildman–Crippen MR) is 106 cm³/mol. The number of aryl methyl sites for hydroxylation is 1. The first-order chi connectivity index (χ1) is 13.6. The van der Waals surface area contributed by atoms with E-state index in [9.17, 15) is 9.59 Å². The van der Waals surface area contributed by atoms with Crippen LogP contribution in [0.2, 0.25) is 0 Å². The highest BCUT2D eigenvalue weighted by Crippen LogP contribution is 2.19. The monoisotopic (exact) mass is 382 g/mol. The Kier molecular flexibility index (Phi) is 4.95. The molecule has 4 heterocycles. The molecule has 8 heteroatoms. The standard InChI is InChI=1S/C20H23N5O3/c1-3-21-19(26)14-9-15-18(24-17(14)22-10-13-5-4-8-28-13)23-16-7-6-12(2)11-25(16)20(15)27/h6-7,9,11,13H,3-5,8,10H2,1-2H3,(H,21,26)(H,22,24)/p+1/t13-/m0/s1. The number of anilines is 1. The van der Waals surface area contributed by atoms with E-state index in [1.165, 1.54) is 0 Å². The van der Waals surface area contributed by atoms with Gasteiger partial charge < -0.3 is 15.4 Å². The van der Waals surface area contributed by atoms with Crippen molar-refractivity contribution in [2.75, 3.05) is 25.0 Å². The molecule has 1 saturated heterocycles. The van der Waals surface area contributed by atoms with Crippen molar-refractivity contribution >= 4 is 28.4 Å². The maximum Gasteiger partial charge on any atom is 0.325 e. The zero-order valence-corrected chi connectivity index (χ0v) is 16.0. The second-order valence-electron chi connectivity index (χ2n) is 7.05. The fourth-order valence-electron chi connectivity index (χ4n) is 3.48. The van der Waals surface area contributed by atoms with E-state index in [-0.39, 0.29) is 17.6 Å². The molecule has 0 bridgehead atoms. The highest BCUT2D eigenvalue weighted by atomic mass is 16.5. The van der Waals surface area contributed by atoms with Crippen LogP contribution in [0, 0.1) is 6.92 Å². The quantitative estimate of drug-likeness (QED) is 0.649. The van der Waals surface area contributed by atoms with Gasteiger partial charge in [0.1, 0.15) is 10.9 Å². The van der Waals surface area contributed by atoms with Crippen LogP contribution in [0.15, 0.2) is 29.2 Å². The van der Waals surface area contributed by atoms with Crippen molar-refractivity contribution in [1.29, 1.82) is 0 Å². The van der Waals surface area contributed by atoms with Gasteiger partial charge in [-0.2, -0.15) is 4.40 Å². The lowest BCUT2D eigenvalue weighted by Gasteiger charge is -2.12. The van der Waals surface area contributed by atoms with Gasteiger partial charge in [0, 0.05) is 25.8 Å². The van der Waals surface area contributed by atoms with Crippen molar-refractivity contribution in [2.24, 2.45) is 0 Å². The normalized spacial score (nSPS) is 16.6. The first-order valence-electron chi connectivity index (χ1n) is 9.59. The Bertz CT molecular complexity index is 1100. The maximum absolute atomic E-state index is 13.0. The number of ether oxygens (including phenoxy) is 1. The summed E-state index contributed by atoms with van der Waals surface area (Å²) in [6, 6.07) is 5.38. The van der Waals surface area contributed by atoms with Crippen molar-refractivity contribution in [3.63, 3.8) is 0 Å². The van der Waals surface area contributed by atoms with Crippen LogP contribution in [0.25, 0.3) is 16.7 Å². The van der Waals surface area contributed by atoms with Gasteiger partial charge >= 0.3 is 5.56 Å². The number of nitrogens with one attached hydrogen (secondary N) is 3. The summed E-state index contributed by atoms with van der Waals surface area (Å²) in [6.07, 6.45) is 3.89. The molecule has 1 aliphatic heterocycles. The molecule has 3 aromatic heterocycles. The smallest absolute Gasteiger partial charge is 0.325 e. The second kappa shape index (κ2) is 7.55. The number of H-pyrrole nitrogens is 1. The third-order valence-electron chi connectivity index (χ3n) is 4.92. The van der Waals surface area contributed by atoms with Gasteiger partial charge in [-0.15, -0.1) is 0 Å². The molecule has 1 atom stereocenters. The summed E-state index contributed by atoms with van der Waals surface area (Å²) in [5.41, 5.74) is 2.19. The molecule has 3 aromatic rings. The lowest BCUT2D eigenvalue weighted by atomic mass is 10.1. The third-order valence-corrected chi connectivity index (χ3v) is 4.92. The van der Waals surface area contributed by atoms with Crippen molar-refractivity contribution in [2.45, 2.75) is 32.8 Å². The van der Waals surface area contributed by atoms with Crippen LogP contribution < -0.4 is 21.2 Å². The Morgan fingerprint density at radius 1 is 1.43 bits per heavy atom. The Hall–Kier alpha value is -3.00. The number of aromatic amines is 1. The molecule has 0 saturated carbocycles. The summed E-state index contributed by atoms with van der Waals surface area (Å²) >= 11 is 0. The number of hydrogen-bond acceptors (Lipinski definition) is 5. The minimum atomic E-state index is -0.263. The number of fused-ring (bicyclic) bond motifs is 2. The van der Waals surface area contributed by atoms with Crippen LogP contribution in [-0.2, 0) is 4.74 Å². The molecular weight excluding hydrogens is 358 g/mol. The molecule has 1 aliphatic rings. The van der Waals surface area contributed by atoms with Gasteiger partial charge in [-0.05, 0) is 44.4 Å². The summed E-state index contributed by atoms with van der Waals surface area (Å²) < 4.78 is 7.19. The van der Waals surface area contributed by atoms with E-state index >= 15 is 0 Å². The van der Waals surface area contributed by atoms with E-state index in [0.29, 0.717) is 41.2 Å². The first kappa shape index (κ1) is 18.4. The third kappa shape index (κ3) is 3.43. The van der Waals surface area contributed by atoms with Crippen molar-refractivity contribution in [3.8, 4) is 0 Å². The maximum atomic E-state index is 13.0. The largest absolute Gasteiger partial charge is 0.376 e. The first-order valence-corrected chi connectivity index (χ1v) is 9.59. The Morgan fingerprint density at radius 3 is 3.04 bits per heavy atom. The minimum Gasteiger partial charge on any atom is -0.376 e. The van der Waals surface area contributed by atoms with E-state index in [2.05, 4.69) is 20.6 Å². The molecule has 28 heavy (non-hydrogen) atoms. The molecule has 146 valence electrons. The molecule has 0 unspecified atom stereocenters. The number of hydrogen-bond donors (Lipinski definition) is 2. The number of carbonyl (C=O) groups is 1. The average molecular weight is 382 g/mol. The number of pyridine rings is 2. The van der Waals surface area contributed by atoms with E-state index < -0.39 is 0 Å². The summed E-state index contributed by atoms with van der Waals surface area (Å²) in [4.78, 5) is 33.3. The van der Waals surface area contributed by atoms with E-state index in [1.54, 1.807) is 16.7 Å². The van der Waals surface area contributed by atoms with E-state index in [4.69, 9.17) is 4.74 Å². The average Bonchev–Trinajstić information content (AvgIpc) is 3.20. The Morgan fingerprint density at radius 2 is 2.29 bits per heavy atom. The molecular formula is C20H24N5O3+. The van der Waals surface area contributed by atoms with Crippen LogP contribution in [0.1, 0.15) is 35.7 Å². The molecule has 0 aliphatic carbocycles. The van der Waals surface area contributed by atoms with Gasteiger partial charge in [0.05, 0.1) is 12.3 Å². The molecule has 8 nitrogen and oxygen atoms in total. The van der Waals surface area contributed by atoms with Crippen LogP contribution in [0.5, 0.6) is 0 Å². The zero-order chi connectivity index (χ0) is 19.7. The topological polar surface area (TPSA) is 98.9 Å². The molecule has 4 rings (SSSR count). The summed E-state index contributed by atoms with van der Waals surface area (Å²) in [5, 5.41) is 6.40. The number of amides is 1. The van der Waals surface area contributed by atoms with Crippen LogP contribution >= 0.6 is 0 Å². The highest BCUT2D eigenvalue weighted by Gasteiger charge is 2.23. The molecule has 1 fully saturated rings. The molecule has 0 radical (unpaired) electrons. The highest BCUT2D eigenvalue weighted by molar-refractivity contribution is 6.01. The fourth-order valence-corrected chi connectivity index (χ4v) is 3.48. The van der Waals surface area contributed by atoms with Gasteiger partial charge in [-0.3, -0.25) is 4.79 Å². The van der Waals surface area contributed by atoms with Crippen molar-refractivity contribution in [3.05, 3.63) is 45.9 Å².